The highest BCUT2D eigenvalue weighted by Crippen LogP contribution is 2.47. The maximum absolute atomic E-state index is 6.69. The third kappa shape index (κ3) is 9.62. The Morgan fingerprint density at radius 2 is 0.509 bits per heavy atom. The number of furan rings is 2. The van der Waals surface area contributed by atoms with Crippen molar-refractivity contribution in [1.82, 2.24) is 18.3 Å². The first-order valence-corrected chi connectivity index (χ1v) is 37.7. The minimum atomic E-state index is 0.898. The molecule has 0 aliphatic heterocycles. The molecular formula is C104H64N4O2. The van der Waals surface area contributed by atoms with Crippen molar-refractivity contribution in [3.05, 3.63) is 388 Å². The van der Waals surface area contributed by atoms with Crippen LogP contribution in [0.25, 0.3) is 220 Å². The maximum Gasteiger partial charge on any atom is 0.160 e. The van der Waals surface area contributed by atoms with Gasteiger partial charge in [0, 0.05) is 82.0 Å². The van der Waals surface area contributed by atoms with Crippen LogP contribution in [0.2, 0.25) is 0 Å². The minimum Gasteiger partial charge on any atom is -0.456 e. The Kier molecular flexibility index (Phi) is 13.7. The Bertz CT molecular complexity index is 7870. The number of hydrogen-bond donors (Lipinski definition) is 0. The molecule has 512 valence electrons. The highest BCUT2D eigenvalue weighted by atomic mass is 16.3. The largest absolute Gasteiger partial charge is 0.456 e. The van der Waals surface area contributed by atoms with Crippen molar-refractivity contribution in [2.24, 2.45) is 0 Å². The van der Waals surface area contributed by atoms with Crippen molar-refractivity contribution >= 4 is 153 Å². The van der Waals surface area contributed by atoms with Gasteiger partial charge in [0.1, 0.15) is 16.7 Å². The highest BCUT2D eigenvalue weighted by Gasteiger charge is 2.24. The highest BCUT2D eigenvalue weighted by molar-refractivity contribution is 6.26. The van der Waals surface area contributed by atoms with Gasteiger partial charge in [0.2, 0.25) is 0 Å². The van der Waals surface area contributed by atoms with E-state index >= 15 is 0 Å². The fourth-order valence-electron chi connectivity index (χ4n) is 17.9. The molecule has 0 N–H and O–H groups in total. The van der Waals surface area contributed by atoms with E-state index in [0.717, 1.165) is 77.7 Å². The second kappa shape index (κ2) is 24.4. The summed E-state index contributed by atoms with van der Waals surface area (Å²) in [5.41, 5.74) is 27.2. The summed E-state index contributed by atoms with van der Waals surface area (Å²) in [5.74, 6) is 0. The Labute approximate surface area is 631 Å². The first kappa shape index (κ1) is 61.6. The lowest BCUT2D eigenvalue weighted by Crippen LogP contribution is -1.94. The van der Waals surface area contributed by atoms with Crippen molar-refractivity contribution in [2.45, 2.75) is 0 Å². The SMILES string of the molecule is c1ccc(-c2ccc(-n3c4ccccc4c4cc(-c5ccc6c(c5)c5ccc7c8ccccc8oc7c5n6-c5ccc6ccccc6c5)ccc43)cc2)cc1.c1ccc(-c2ccc(-n3c4ccccc4c4cc(-c5ccc6c(c5)c5ccc7oc8ccccc8c7c5n6-c5ccc6ccccc6c5)ccc43)cc2)cc1. The molecule has 0 bridgehead atoms. The van der Waals surface area contributed by atoms with Gasteiger partial charge in [-0.2, -0.15) is 0 Å². The van der Waals surface area contributed by atoms with Gasteiger partial charge in [-0.25, -0.2) is 0 Å². The van der Waals surface area contributed by atoms with Gasteiger partial charge in [0.25, 0.3) is 0 Å². The van der Waals surface area contributed by atoms with E-state index in [9.17, 15) is 0 Å². The third-order valence-electron chi connectivity index (χ3n) is 23.0. The summed E-state index contributed by atoms with van der Waals surface area (Å²) in [5, 5.41) is 19.2. The van der Waals surface area contributed by atoms with Crippen molar-refractivity contribution in [1.29, 1.82) is 0 Å². The van der Waals surface area contributed by atoms with Crippen LogP contribution in [0.1, 0.15) is 0 Å². The fraction of sp³-hybridized carbons (Fsp3) is 0. The summed E-state index contributed by atoms with van der Waals surface area (Å²) in [6, 6.07) is 141. The molecule has 24 rings (SSSR count). The molecule has 6 heterocycles. The van der Waals surface area contributed by atoms with Gasteiger partial charge in [-0.1, -0.05) is 249 Å². The quantitative estimate of drug-likeness (QED) is 0.152. The van der Waals surface area contributed by atoms with Crippen molar-refractivity contribution in [3.8, 4) is 67.3 Å². The van der Waals surface area contributed by atoms with Crippen LogP contribution in [-0.4, -0.2) is 18.3 Å². The zero-order chi connectivity index (χ0) is 72.1. The molecule has 0 saturated heterocycles. The first-order valence-electron chi connectivity index (χ1n) is 37.7. The number of benzene rings is 18. The Hall–Kier alpha value is -14.7. The van der Waals surface area contributed by atoms with E-state index in [1.165, 1.54) is 142 Å². The summed E-state index contributed by atoms with van der Waals surface area (Å²) in [7, 11) is 0. The molecule has 6 nitrogen and oxygen atoms in total. The summed E-state index contributed by atoms with van der Waals surface area (Å²) >= 11 is 0. The summed E-state index contributed by atoms with van der Waals surface area (Å²) < 4.78 is 22.7. The number of rotatable bonds is 8. The molecule has 110 heavy (non-hydrogen) atoms. The van der Waals surface area contributed by atoms with Crippen molar-refractivity contribution < 1.29 is 8.83 Å². The van der Waals surface area contributed by atoms with Crippen LogP contribution >= 0.6 is 0 Å². The van der Waals surface area contributed by atoms with Gasteiger partial charge in [-0.05, 0) is 206 Å². The standard InChI is InChI=1S/2C52H32N2O/c1-2-10-33(11-3-1)35-18-23-39(24-19-35)53-47-16-8-6-14-41(47)45-31-37(21-28-48(45)53)38-22-29-49-46(32-38)43-26-27-44-42-15-7-9-17-50(42)55-52(44)51(43)54(49)40-25-20-34-12-4-5-13-36(34)30-40;1-2-10-33(11-3-1)35-18-23-39(24-19-35)53-46-16-8-6-14-41(46)44-31-37(21-27-47(44)53)38-22-28-48-45(32-38)42-26-29-50-51(43-15-7-9-17-49(43)55-50)52(42)54(48)40-25-20-34-12-4-5-13-36(34)30-40/h2*1-32H. The first-order chi connectivity index (χ1) is 54.5. The molecule has 0 aliphatic carbocycles. The molecule has 0 aliphatic rings. The maximum atomic E-state index is 6.69. The number of fused-ring (bicyclic) bond motifs is 22. The number of hydrogen-bond acceptors (Lipinski definition) is 2. The summed E-state index contributed by atoms with van der Waals surface area (Å²) in [6.45, 7) is 0. The smallest absolute Gasteiger partial charge is 0.160 e. The fourth-order valence-corrected chi connectivity index (χ4v) is 17.9. The Balaban J connectivity index is 0.000000132. The molecule has 24 aromatic rings. The van der Waals surface area contributed by atoms with Crippen LogP contribution in [0.15, 0.2) is 397 Å². The van der Waals surface area contributed by atoms with Gasteiger partial charge < -0.3 is 27.1 Å². The monoisotopic (exact) mass is 1400 g/mol. The van der Waals surface area contributed by atoms with Crippen LogP contribution in [0.3, 0.4) is 0 Å². The lowest BCUT2D eigenvalue weighted by Gasteiger charge is -2.11. The van der Waals surface area contributed by atoms with E-state index in [2.05, 4.69) is 394 Å². The Morgan fingerprint density at radius 1 is 0.164 bits per heavy atom. The van der Waals surface area contributed by atoms with Crippen LogP contribution in [0.4, 0.5) is 0 Å². The summed E-state index contributed by atoms with van der Waals surface area (Å²) in [4.78, 5) is 0. The van der Waals surface area contributed by atoms with Gasteiger partial charge in [-0.3, -0.25) is 0 Å². The zero-order valence-electron chi connectivity index (χ0n) is 59.6. The summed E-state index contributed by atoms with van der Waals surface area (Å²) in [6.07, 6.45) is 0. The lowest BCUT2D eigenvalue weighted by molar-refractivity contribution is 0.669. The van der Waals surface area contributed by atoms with Gasteiger partial charge in [0.15, 0.2) is 5.58 Å². The third-order valence-corrected chi connectivity index (χ3v) is 23.0. The molecule has 0 radical (unpaired) electrons. The lowest BCUT2D eigenvalue weighted by atomic mass is 10.00. The minimum absolute atomic E-state index is 0.898. The second-order valence-electron chi connectivity index (χ2n) is 29.1. The molecular weight excluding hydrogens is 1340 g/mol. The van der Waals surface area contributed by atoms with Crippen molar-refractivity contribution in [3.63, 3.8) is 0 Å². The molecule has 6 aromatic heterocycles. The van der Waals surface area contributed by atoms with E-state index < -0.39 is 0 Å². The number of para-hydroxylation sites is 4. The zero-order valence-corrected chi connectivity index (χ0v) is 59.6. The Morgan fingerprint density at radius 3 is 1.02 bits per heavy atom. The van der Waals surface area contributed by atoms with Crippen molar-refractivity contribution in [2.75, 3.05) is 0 Å². The molecule has 0 amide bonds. The van der Waals surface area contributed by atoms with Crippen LogP contribution in [0.5, 0.6) is 0 Å². The van der Waals surface area contributed by atoms with Gasteiger partial charge in [0.05, 0.1) is 49.5 Å². The van der Waals surface area contributed by atoms with Crippen LogP contribution < -0.4 is 0 Å². The average molecular weight is 1400 g/mol. The topological polar surface area (TPSA) is 46.0 Å². The molecule has 0 spiro atoms. The van der Waals surface area contributed by atoms with Gasteiger partial charge >= 0.3 is 0 Å². The van der Waals surface area contributed by atoms with E-state index in [1.807, 2.05) is 12.1 Å². The molecule has 0 unspecified atom stereocenters. The average Bonchev–Trinajstić information content (AvgIpc) is 1.56. The molecule has 6 heteroatoms. The molecule has 0 saturated carbocycles. The van der Waals surface area contributed by atoms with Crippen LogP contribution in [0, 0.1) is 0 Å². The van der Waals surface area contributed by atoms with Gasteiger partial charge in [-0.15, -0.1) is 0 Å². The normalized spacial score (nSPS) is 12.0. The second-order valence-corrected chi connectivity index (χ2v) is 29.1. The predicted molar refractivity (Wildman–Crippen MR) is 462 cm³/mol. The van der Waals surface area contributed by atoms with E-state index in [0.29, 0.717) is 0 Å². The van der Waals surface area contributed by atoms with E-state index in [1.54, 1.807) is 0 Å². The van der Waals surface area contributed by atoms with Crippen LogP contribution in [-0.2, 0) is 0 Å². The number of aromatic nitrogens is 4. The predicted octanol–water partition coefficient (Wildman–Crippen LogP) is 28.5. The molecule has 0 fully saturated rings. The number of nitrogens with zero attached hydrogens (tertiary/aromatic N) is 4. The van der Waals surface area contributed by atoms with E-state index in [4.69, 9.17) is 8.83 Å². The molecule has 18 aromatic carbocycles. The van der Waals surface area contributed by atoms with E-state index in [-0.39, 0.29) is 0 Å². The molecule has 0 atom stereocenters.